The van der Waals surface area contributed by atoms with Gasteiger partial charge < -0.3 is 15.8 Å². The molecule has 3 N–H and O–H groups in total. The molecule has 0 radical (unpaired) electrons. The van der Waals surface area contributed by atoms with E-state index < -0.39 is 9.84 Å². The first-order chi connectivity index (χ1) is 10.3. The number of sulfone groups is 1. The smallest absolute Gasteiger partial charge is 0.302 e. The zero-order valence-corrected chi connectivity index (χ0v) is 13.7. The average molecular weight is 326 g/mol. The number of nitrogens with one attached hydrogen (secondary N) is 1. The van der Waals surface area contributed by atoms with Gasteiger partial charge in [0.2, 0.25) is 0 Å². The molecule has 0 unspecified atom stereocenters. The molecule has 1 aromatic carbocycles. The van der Waals surface area contributed by atoms with Crippen LogP contribution in [0.15, 0.2) is 23.1 Å². The zero-order chi connectivity index (χ0) is 16.3. The van der Waals surface area contributed by atoms with Crippen molar-refractivity contribution in [1.82, 2.24) is 0 Å². The van der Waals surface area contributed by atoms with E-state index in [0.29, 0.717) is 5.69 Å². The summed E-state index contributed by atoms with van der Waals surface area (Å²) in [6.07, 6.45) is 4.55. The second kappa shape index (κ2) is 6.56. The molecule has 0 aromatic heterocycles. The Balaban J connectivity index is 1.97. The average Bonchev–Trinajstić information content (AvgIpc) is 2.41. The fourth-order valence-corrected chi connectivity index (χ4v) is 3.34. The molecule has 0 atom stereocenters. The van der Waals surface area contributed by atoms with Crippen LogP contribution in [0.25, 0.3) is 0 Å². The molecule has 1 fully saturated rings. The number of ether oxygens (including phenoxy) is 1. The molecule has 6 nitrogen and oxygen atoms in total. The Labute approximate surface area is 131 Å². The molecule has 22 heavy (non-hydrogen) atoms. The molecule has 0 bridgehead atoms. The van der Waals surface area contributed by atoms with Crippen molar-refractivity contribution in [2.45, 2.75) is 49.6 Å². The SMILES string of the molecule is CC(=O)O[C@H]1CC[C@H](Nc2ccc(S(C)(=O)=O)cc2N)CC1. The second-order valence-electron chi connectivity index (χ2n) is 5.75. The van der Waals surface area contributed by atoms with Gasteiger partial charge in [-0.25, -0.2) is 8.42 Å². The number of esters is 1. The van der Waals surface area contributed by atoms with Gasteiger partial charge in [-0.1, -0.05) is 0 Å². The van der Waals surface area contributed by atoms with Gasteiger partial charge in [0.15, 0.2) is 9.84 Å². The van der Waals surface area contributed by atoms with E-state index >= 15 is 0 Å². The summed E-state index contributed by atoms with van der Waals surface area (Å²) in [4.78, 5) is 11.2. The molecule has 1 saturated carbocycles. The van der Waals surface area contributed by atoms with E-state index in [2.05, 4.69) is 5.32 Å². The van der Waals surface area contributed by atoms with Gasteiger partial charge in [-0.05, 0) is 43.9 Å². The zero-order valence-electron chi connectivity index (χ0n) is 12.8. The van der Waals surface area contributed by atoms with Gasteiger partial charge in [-0.3, -0.25) is 4.79 Å². The first-order valence-corrected chi connectivity index (χ1v) is 9.18. The maximum absolute atomic E-state index is 11.5. The van der Waals surface area contributed by atoms with E-state index in [1.807, 2.05) is 0 Å². The van der Waals surface area contributed by atoms with E-state index in [1.54, 1.807) is 12.1 Å². The summed E-state index contributed by atoms with van der Waals surface area (Å²) in [5, 5.41) is 3.34. The van der Waals surface area contributed by atoms with Crippen LogP contribution >= 0.6 is 0 Å². The van der Waals surface area contributed by atoms with Crippen molar-refractivity contribution in [2.75, 3.05) is 17.3 Å². The Kier molecular flexibility index (Phi) is 4.95. The van der Waals surface area contributed by atoms with E-state index in [0.717, 1.165) is 37.6 Å². The van der Waals surface area contributed by atoms with Gasteiger partial charge in [-0.2, -0.15) is 0 Å². The van der Waals surface area contributed by atoms with Gasteiger partial charge in [0, 0.05) is 19.2 Å². The molecular weight excluding hydrogens is 304 g/mol. The van der Waals surface area contributed by atoms with Crippen molar-refractivity contribution in [3.63, 3.8) is 0 Å². The summed E-state index contributed by atoms with van der Waals surface area (Å²) < 4.78 is 28.2. The van der Waals surface area contributed by atoms with E-state index in [-0.39, 0.29) is 23.0 Å². The molecule has 0 spiro atoms. The normalized spacial score (nSPS) is 22.1. The lowest BCUT2D eigenvalue weighted by atomic mass is 9.92. The molecule has 0 aliphatic heterocycles. The number of nitrogen functional groups attached to an aromatic ring is 1. The number of rotatable bonds is 4. The molecule has 1 aromatic rings. The van der Waals surface area contributed by atoms with Gasteiger partial charge in [-0.15, -0.1) is 0 Å². The molecule has 0 saturated heterocycles. The van der Waals surface area contributed by atoms with Crippen LogP contribution in [-0.4, -0.2) is 32.8 Å². The molecule has 122 valence electrons. The van der Waals surface area contributed by atoms with Crippen molar-refractivity contribution in [1.29, 1.82) is 0 Å². The third kappa shape index (κ3) is 4.37. The highest BCUT2D eigenvalue weighted by Gasteiger charge is 2.23. The fourth-order valence-electron chi connectivity index (χ4n) is 2.68. The Morgan fingerprint density at radius 2 is 1.91 bits per heavy atom. The molecule has 0 heterocycles. The van der Waals surface area contributed by atoms with Gasteiger partial charge >= 0.3 is 5.97 Å². The van der Waals surface area contributed by atoms with Crippen LogP contribution in [0.4, 0.5) is 11.4 Å². The van der Waals surface area contributed by atoms with Crippen LogP contribution in [0.5, 0.6) is 0 Å². The number of carbonyl (C=O) groups is 1. The lowest BCUT2D eigenvalue weighted by Crippen LogP contribution is -2.30. The molecular formula is C15H22N2O4S. The summed E-state index contributed by atoms with van der Waals surface area (Å²) >= 11 is 0. The molecule has 1 aliphatic rings. The monoisotopic (exact) mass is 326 g/mol. The Bertz CT molecular complexity index is 650. The quantitative estimate of drug-likeness (QED) is 0.648. The molecule has 7 heteroatoms. The minimum absolute atomic E-state index is 0.000470. The van der Waals surface area contributed by atoms with Crippen molar-refractivity contribution in [2.24, 2.45) is 0 Å². The van der Waals surface area contributed by atoms with E-state index in [1.165, 1.54) is 13.0 Å². The van der Waals surface area contributed by atoms with Crippen LogP contribution in [0.1, 0.15) is 32.6 Å². The van der Waals surface area contributed by atoms with E-state index in [9.17, 15) is 13.2 Å². The first-order valence-electron chi connectivity index (χ1n) is 7.29. The summed E-state index contributed by atoms with van der Waals surface area (Å²) in [5.41, 5.74) is 7.09. The lowest BCUT2D eigenvalue weighted by molar-refractivity contribution is -0.147. The lowest BCUT2D eigenvalue weighted by Gasteiger charge is -2.29. The van der Waals surface area contributed by atoms with Crippen molar-refractivity contribution in [3.8, 4) is 0 Å². The predicted octanol–water partition coefficient (Wildman–Crippen LogP) is 1.96. The first kappa shape index (κ1) is 16.6. The molecule has 0 amide bonds. The van der Waals surface area contributed by atoms with Crippen LogP contribution in [0.2, 0.25) is 0 Å². The van der Waals surface area contributed by atoms with Gasteiger partial charge in [0.25, 0.3) is 0 Å². The highest BCUT2D eigenvalue weighted by Crippen LogP contribution is 2.28. The Hall–Kier alpha value is -1.76. The number of nitrogens with two attached hydrogens (primary N) is 1. The summed E-state index contributed by atoms with van der Waals surface area (Å²) in [5.74, 6) is -0.239. The van der Waals surface area contributed by atoms with Crippen LogP contribution < -0.4 is 11.1 Å². The Morgan fingerprint density at radius 1 is 1.27 bits per heavy atom. The third-order valence-corrected chi connectivity index (χ3v) is 4.93. The summed E-state index contributed by atoms with van der Waals surface area (Å²) in [7, 11) is -3.25. The maximum Gasteiger partial charge on any atom is 0.302 e. The number of anilines is 2. The number of benzene rings is 1. The van der Waals surface area contributed by atoms with E-state index in [4.69, 9.17) is 10.5 Å². The standard InChI is InChI=1S/C15H22N2O4S/c1-10(18)21-12-5-3-11(4-6-12)17-15-8-7-13(9-14(15)16)22(2,19)20/h7-9,11-12,17H,3-6,16H2,1-2H3/t11-,12-. The van der Waals surface area contributed by atoms with Crippen molar-refractivity contribution < 1.29 is 17.9 Å². The second-order valence-corrected chi connectivity index (χ2v) is 7.76. The van der Waals surface area contributed by atoms with Crippen LogP contribution in [0, 0.1) is 0 Å². The fraction of sp³-hybridized carbons (Fsp3) is 0.533. The predicted molar refractivity (Wildman–Crippen MR) is 85.4 cm³/mol. The maximum atomic E-state index is 11.5. The number of hydrogen-bond donors (Lipinski definition) is 2. The van der Waals surface area contributed by atoms with Gasteiger partial charge in [0.05, 0.1) is 16.3 Å². The topological polar surface area (TPSA) is 98.5 Å². The van der Waals surface area contributed by atoms with Crippen molar-refractivity contribution >= 4 is 27.2 Å². The number of carbonyl (C=O) groups excluding carboxylic acids is 1. The summed E-state index contributed by atoms with van der Waals surface area (Å²) in [6.45, 7) is 1.42. The Morgan fingerprint density at radius 3 is 2.41 bits per heavy atom. The largest absolute Gasteiger partial charge is 0.463 e. The minimum atomic E-state index is -3.25. The highest BCUT2D eigenvalue weighted by atomic mass is 32.2. The number of hydrogen-bond acceptors (Lipinski definition) is 6. The van der Waals surface area contributed by atoms with Crippen LogP contribution in [-0.2, 0) is 19.4 Å². The minimum Gasteiger partial charge on any atom is -0.463 e. The highest BCUT2D eigenvalue weighted by molar-refractivity contribution is 7.90. The van der Waals surface area contributed by atoms with Crippen LogP contribution in [0.3, 0.4) is 0 Å². The molecule has 2 rings (SSSR count). The van der Waals surface area contributed by atoms with Crippen molar-refractivity contribution in [3.05, 3.63) is 18.2 Å². The molecule has 1 aliphatic carbocycles. The summed E-state index contributed by atoms with van der Waals surface area (Å²) in [6, 6.07) is 4.98. The van der Waals surface area contributed by atoms with Gasteiger partial charge in [0.1, 0.15) is 6.10 Å². The third-order valence-electron chi connectivity index (χ3n) is 3.82.